The number of carbonyl (C=O) groups excluding carboxylic acids is 1. The average Bonchev–Trinajstić information content (AvgIpc) is 2.77. The molecule has 0 unspecified atom stereocenters. The maximum Gasteiger partial charge on any atom is 0.258 e. The highest BCUT2D eigenvalue weighted by molar-refractivity contribution is 5.77. The molecule has 0 heterocycles. The van der Waals surface area contributed by atoms with Gasteiger partial charge in [-0.3, -0.25) is 4.79 Å². The third-order valence-corrected chi connectivity index (χ3v) is 5.36. The fourth-order valence-electron chi connectivity index (χ4n) is 2.87. The van der Waals surface area contributed by atoms with Crippen molar-refractivity contribution >= 4 is 5.91 Å². The van der Waals surface area contributed by atoms with E-state index in [9.17, 15) is 4.79 Å². The topological polar surface area (TPSA) is 56.8 Å². The second kappa shape index (κ2) is 11.5. The van der Waals surface area contributed by atoms with Crippen LogP contribution in [0.4, 0.5) is 0 Å². The number of rotatable bonds is 12. The Morgan fingerprint density at radius 2 is 1.73 bits per heavy atom. The molecule has 0 aliphatic carbocycles. The van der Waals surface area contributed by atoms with Gasteiger partial charge in [-0.25, -0.2) is 0 Å². The van der Waals surface area contributed by atoms with E-state index in [-0.39, 0.29) is 17.9 Å². The van der Waals surface area contributed by atoms with Crippen molar-refractivity contribution in [2.45, 2.75) is 58.9 Å². The first kappa shape index (κ1) is 23.6. The second-order valence-electron chi connectivity index (χ2n) is 8.01. The third-order valence-electron chi connectivity index (χ3n) is 5.36. The van der Waals surface area contributed by atoms with Crippen LogP contribution in [0.15, 0.2) is 42.5 Å². The number of carbonyl (C=O) groups is 1. The zero-order valence-electron chi connectivity index (χ0n) is 18.9. The summed E-state index contributed by atoms with van der Waals surface area (Å²) in [5, 5.41) is 2.88. The van der Waals surface area contributed by atoms with Gasteiger partial charge in [0.15, 0.2) is 18.1 Å². The quantitative estimate of drug-likeness (QED) is 0.483. The molecular weight excluding hydrogens is 378 g/mol. The molecule has 2 aromatic carbocycles. The van der Waals surface area contributed by atoms with Gasteiger partial charge in [0.25, 0.3) is 5.91 Å². The molecule has 0 radical (unpaired) electrons. The van der Waals surface area contributed by atoms with Crippen molar-refractivity contribution in [3.63, 3.8) is 0 Å². The molecule has 2 aromatic rings. The standard InChI is InChI=1S/C25H35NO4/c1-6-8-15-29-22-14-9-19(16-23(22)28-5)17-26-24(27)18-30-21-12-10-20(11-13-21)25(3,4)7-2/h9-14,16H,6-8,15,17-18H2,1-5H3,(H,26,27). The molecule has 0 aliphatic heterocycles. The Morgan fingerprint density at radius 3 is 2.37 bits per heavy atom. The zero-order valence-corrected chi connectivity index (χ0v) is 18.9. The minimum absolute atomic E-state index is 0.0220. The van der Waals surface area contributed by atoms with Crippen LogP contribution in [0.1, 0.15) is 58.1 Å². The summed E-state index contributed by atoms with van der Waals surface area (Å²) in [6.45, 7) is 9.78. The average molecular weight is 414 g/mol. The monoisotopic (exact) mass is 413 g/mol. The Morgan fingerprint density at radius 1 is 1.00 bits per heavy atom. The molecule has 5 heteroatoms. The minimum atomic E-state index is -0.171. The summed E-state index contributed by atoms with van der Waals surface area (Å²) in [6, 6.07) is 13.7. The van der Waals surface area contributed by atoms with Crippen LogP contribution in [0.2, 0.25) is 0 Å². The van der Waals surface area contributed by atoms with Gasteiger partial charge in [0, 0.05) is 6.54 Å². The van der Waals surface area contributed by atoms with E-state index in [4.69, 9.17) is 14.2 Å². The lowest BCUT2D eigenvalue weighted by atomic mass is 9.82. The van der Waals surface area contributed by atoms with Gasteiger partial charge >= 0.3 is 0 Å². The number of methoxy groups -OCH3 is 1. The number of hydrogen-bond acceptors (Lipinski definition) is 4. The molecule has 1 N–H and O–H groups in total. The van der Waals surface area contributed by atoms with Gasteiger partial charge < -0.3 is 19.5 Å². The van der Waals surface area contributed by atoms with Crippen molar-refractivity contribution < 1.29 is 19.0 Å². The smallest absolute Gasteiger partial charge is 0.258 e. The maximum atomic E-state index is 12.2. The van der Waals surface area contributed by atoms with E-state index < -0.39 is 0 Å². The molecule has 0 bridgehead atoms. The molecular formula is C25H35NO4. The van der Waals surface area contributed by atoms with Crippen LogP contribution in [0.3, 0.4) is 0 Å². The van der Waals surface area contributed by atoms with Crippen molar-refractivity contribution in [2.75, 3.05) is 20.3 Å². The Bertz CT molecular complexity index is 799. The number of amides is 1. The van der Waals surface area contributed by atoms with Crippen LogP contribution < -0.4 is 19.5 Å². The zero-order chi connectivity index (χ0) is 22.0. The van der Waals surface area contributed by atoms with Crippen molar-refractivity contribution in [1.82, 2.24) is 5.32 Å². The molecule has 0 saturated heterocycles. The molecule has 0 spiro atoms. The van der Waals surface area contributed by atoms with Crippen LogP contribution in [0.5, 0.6) is 17.2 Å². The number of hydrogen-bond donors (Lipinski definition) is 1. The lowest BCUT2D eigenvalue weighted by molar-refractivity contribution is -0.123. The number of unbranched alkanes of at least 4 members (excludes halogenated alkanes) is 1. The van der Waals surface area contributed by atoms with Gasteiger partial charge in [0.05, 0.1) is 13.7 Å². The number of nitrogens with one attached hydrogen (secondary N) is 1. The largest absolute Gasteiger partial charge is 0.493 e. The summed E-state index contributed by atoms with van der Waals surface area (Å²) in [6.07, 6.45) is 3.14. The summed E-state index contributed by atoms with van der Waals surface area (Å²) in [4.78, 5) is 12.2. The summed E-state index contributed by atoms with van der Waals surface area (Å²) in [5.74, 6) is 1.91. The lowest BCUT2D eigenvalue weighted by Crippen LogP contribution is -2.28. The van der Waals surface area contributed by atoms with E-state index in [1.807, 2.05) is 30.3 Å². The maximum absolute atomic E-state index is 12.2. The third kappa shape index (κ3) is 6.97. The predicted molar refractivity (Wildman–Crippen MR) is 120 cm³/mol. The van der Waals surface area contributed by atoms with Gasteiger partial charge in [0.2, 0.25) is 0 Å². The van der Waals surface area contributed by atoms with E-state index in [1.54, 1.807) is 7.11 Å². The Balaban J connectivity index is 1.83. The number of ether oxygens (including phenoxy) is 3. The highest BCUT2D eigenvalue weighted by Crippen LogP contribution is 2.29. The van der Waals surface area contributed by atoms with Gasteiger partial charge in [-0.15, -0.1) is 0 Å². The lowest BCUT2D eigenvalue weighted by Gasteiger charge is -2.23. The van der Waals surface area contributed by atoms with Crippen LogP contribution in [0.25, 0.3) is 0 Å². The van der Waals surface area contributed by atoms with Crippen LogP contribution in [-0.2, 0) is 16.8 Å². The molecule has 0 atom stereocenters. The van der Waals surface area contributed by atoms with E-state index >= 15 is 0 Å². The molecule has 2 rings (SSSR count). The summed E-state index contributed by atoms with van der Waals surface area (Å²) in [7, 11) is 1.62. The summed E-state index contributed by atoms with van der Waals surface area (Å²) in [5.41, 5.74) is 2.33. The van der Waals surface area contributed by atoms with Crippen LogP contribution >= 0.6 is 0 Å². The highest BCUT2D eigenvalue weighted by atomic mass is 16.5. The Labute approximate surface area is 180 Å². The fraction of sp³-hybridized carbons (Fsp3) is 0.480. The molecule has 0 saturated carbocycles. The summed E-state index contributed by atoms with van der Waals surface area (Å²) >= 11 is 0. The van der Waals surface area contributed by atoms with Crippen molar-refractivity contribution in [2.24, 2.45) is 0 Å². The predicted octanol–water partition coefficient (Wildman–Crippen LogP) is 5.26. The van der Waals surface area contributed by atoms with E-state index in [0.29, 0.717) is 24.7 Å². The van der Waals surface area contributed by atoms with Crippen LogP contribution in [0, 0.1) is 0 Å². The first-order valence-corrected chi connectivity index (χ1v) is 10.7. The molecule has 0 fully saturated rings. The van der Waals surface area contributed by atoms with E-state index in [0.717, 1.165) is 30.6 Å². The summed E-state index contributed by atoms with van der Waals surface area (Å²) < 4.78 is 16.8. The van der Waals surface area contributed by atoms with Crippen molar-refractivity contribution in [3.05, 3.63) is 53.6 Å². The van der Waals surface area contributed by atoms with E-state index in [1.165, 1.54) is 5.56 Å². The molecule has 0 aromatic heterocycles. The molecule has 30 heavy (non-hydrogen) atoms. The van der Waals surface area contributed by atoms with Crippen molar-refractivity contribution in [1.29, 1.82) is 0 Å². The van der Waals surface area contributed by atoms with Crippen molar-refractivity contribution in [3.8, 4) is 17.2 Å². The normalized spacial score (nSPS) is 11.1. The molecule has 0 aliphatic rings. The molecule has 1 amide bonds. The number of benzene rings is 2. The minimum Gasteiger partial charge on any atom is -0.493 e. The Hall–Kier alpha value is -2.69. The van der Waals surface area contributed by atoms with Gasteiger partial charge in [0.1, 0.15) is 5.75 Å². The van der Waals surface area contributed by atoms with Gasteiger partial charge in [-0.1, -0.05) is 52.3 Å². The molecule has 5 nitrogen and oxygen atoms in total. The van der Waals surface area contributed by atoms with Crippen LogP contribution in [-0.4, -0.2) is 26.2 Å². The highest BCUT2D eigenvalue weighted by Gasteiger charge is 2.17. The molecule has 164 valence electrons. The SMILES string of the molecule is CCCCOc1ccc(CNC(=O)COc2ccc(C(C)(C)CC)cc2)cc1OC. The van der Waals surface area contributed by atoms with Gasteiger partial charge in [-0.2, -0.15) is 0 Å². The van der Waals surface area contributed by atoms with E-state index in [2.05, 4.69) is 45.1 Å². The first-order valence-electron chi connectivity index (χ1n) is 10.7. The fourth-order valence-corrected chi connectivity index (χ4v) is 2.87. The van der Waals surface area contributed by atoms with Gasteiger partial charge in [-0.05, 0) is 53.6 Å². The first-order chi connectivity index (χ1) is 14.4. The second-order valence-corrected chi connectivity index (χ2v) is 8.01. The Kier molecular flexibility index (Phi) is 9.03.